The minimum absolute atomic E-state index is 0.166. The van der Waals surface area contributed by atoms with Crippen molar-refractivity contribution in [3.8, 4) is 0 Å². The van der Waals surface area contributed by atoms with Crippen molar-refractivity contribution in [1.82, 2.24) is 8.97 Å². The van der Waals surface area contributed by atoms with Crippen LogP contribution in [0.4, 0.5) is 28.4 Å². The summed E-state index contributed by atoms with van der Waals surface area (Å²) in [5.41, 5.74) is 14.0. The Kier molecular flexibility index (Phi) is 6.65. The Morgan fingerprint density at radius 1 is 0.517 bits per heavy atom. The SMILES string of the molecule is C1=CCC2C(=C1)C1=c3c(c4cc5c(cc4n32)c2ccc(N(c3ccccc3)c3ccccc3)c3c4ccccc4n5c23)=CCC1N(c1ccccc1)c1ccccc1. The second kappa shape index (κ2) is 12.1. The summed E-state index contributed by atoms with van der Waals surface area (Å²) in [4.78, 5) is 4.99. The smallest absolute Gasteiger partial charge is 0.0650 e. The van der Waals surface area contributed by atoms with E-state index in [-0.39, 0.29) is 12.1 Å². The van der Waals surface area contributed by atoms with Gasteiger partial charge in [-0.1, -0.05) is 121 Å². The van der Waals surface area contributed by atoms with Crippen LogP contribution in [0.1, 0.15) is 18.9 Å². The maximum atomic E-state index is 2.70. The van der Waals surface area contributed by atoms with Crippen LogP contribution in [0.25, 0.3) is 60.6 Å². The number of fused-ring (bicyclic) bond motifs is 12. The monoisotopic (exact) mass is 742 g/mol. The van der Waals surface area contributed by atoms with Gasteiger partial charge in [-0.25, -0.2) is 0 Å². The zero-order valence-electron chi connectivity index (χ0n) is 31.8. The molecule has 7 aromatic carbocycles. The van der Waals surface area contributed by atoms with E-state index in [1.54, 1.807) is 0 Å². The number of allylic oxidation sites excluding steroid dienone is 3. The fourth-order valence-electron chi connectivity index (χ4n) is 10.8. The lowest BCUT2D eigenvalue weighted by molar-refractivity contribution is 0.617. The van der Waals surface area contributed by atoms with E-state index in [4.69, 9.17) is 0 Å². The lowest BCUT2D eigenvalue weighted by atomic mass is 9.85. The molecule has 0 N–H and O–H groups in total. The molecule has 2 atom stereocenters. The molecule has 4 nitrogen and oxygen atoms in total. The number of hydrogen-bond acceptors (Lipinski definition) is 2. The van der Waals surface area contributed by atoms with Crippen LogP contribution in [0.5, 0.6) is 0 Å². The molecule has 3 aromatic heterocycles. The average Bonchev–Trinajstić information content (AvgIpc) is 4.02. The first-order chi connectivity index (χ1) is 28.8. The molecule has 4 heterocycles. The Balaban J connectivity index is 1.10. The lowest BCUT2D eigenvalue weighted by Crippen LogP contribution is -2.41. The molecule has 2 unspecified atom stereocenters. The zero-order chi connectivity index (χ0) is 37.9. The average molecular weight is 743 g/mol. The summed E-state index contributed by atoms with van der Waals surface area (Å²) < 4.78 is 5.26. The van der Waals surface area contributed by atoms with E-state index >= 15 is 0 Å². The van der Waals surface area contributed by atoms with E-state index in [1.165, 1.54) is 87.8 Å². The first-order valence-corrected chi connectivity index (χ1v) is 20.5. The number of anilines is 5. The van der Waals surface area contributed by atoms with Crippen molar-refractivity contribution in [1.29, 1.82) is 0 Å². The Bertz CT molecular complexity index is 3370. The maximum absolute atomic E-state index is 2.70. The molecule has 0 saturated heterocycles. The number of benzene rings is 7. The highest BCUT2D eigenvalue weighted by Gasteiger charge is 2.39. The van der Waals surface area contributed by atoms with Gasteiger partial charge in [0.05, 0.1) is 45.2 Å². The van der Waals surface area contributed by atoms with Crippen LogP contribution in [-0.4, -0.2) is 15.0 Å². The van der Waals surface area contributed by atoms with Gasteiger partial charge in [0.25, 0.3) is 0 Å². The minimum Gasteiger partial charge on any atom is -0.334 e. The lowest BCUT2D eigenvalue weighted by Gasteiger charge is -2.36. The van der Waals surface area contributed by atoms with Crippen molar-refractivity contribution < 1.29 is 0 Å². The standard InChI is InChI=1S/C54H38N4/c1-5-17-35(18-6-1)55(36-19-7-2-8-20-36)47-31-29-39-43-33-50-44(34-49(43)57-45-27-15-13-25-41(45)51(47)53(39)57)40-30-32-48(52-42-26-14-16-28-46(42)58(50)54(40)52)56(37-21-9-3-10-22-37)38-23-11-4-12-24-38/h1-27,29-31,33-34,46,48H,28,32H2. The molecule has 13 rings (SSSR count). The third-order valence-corrected chi connectivity index (χ3v) is 13.0. The molecule has 58 heavy (non-hydrogen) atoms. The minimum atomic E-state index is 0.166. The van der Waals surface area contributed by atoms with Crippen molar-refractivity contribution in [3.05, 3.63) is 204 Å². The van der Waals surface area contributed by atoms with Gasteiger partial charge in [0.1, 0.15) is 0 Å². The van der Waals surface area contributed by atoms with Gasteiger partial charge in [-0.05, 0) is 91.2 Å². The first kappa shape index (κ1) is 31.9. The predicted octanol–water partition coefficient (Wildman–Crippen LogP) is 12.2. The number of para-hydroxylation sites is 5. The summed E-state index contributed by atoms with van der Waals surface area (Å²) in [6.45, 7) is 0. The van der Waals surface area contributed by atoms with Crippen molar-refractivity contribution in [2.24, 2.45) is 0 Å². The molecule has 4 heteroatoms. The topological polar surface area (TPSA) is 15.8 Å². The van der Waals surface area contributed by atoms with E-state index in [0.717, 1.165) is 24.2 Å². The number of hydrogen-bond donors (Lipinski definition) is 0. The molecule has 3 aliphatic rings. The molecule has 1 aliphatic heterocycles. The Morgan fingerprint density at radius 2 is 1.14 bits per heavy atom. The van der Waals surface area contributed by atoms with E-state index < -0.39 is 0 Å². The highest BCUT2D eigenvalue weighted by atomic mass is 15.2. The second-order valence-corrected chi connectivity index (χ2v) is 15.9. The summed E-state index contributed by atoms with van der Waals surface area (Å²) >= 11 is 0. The van der Waals surface area contributed by atoms with Gasteiger partial charge in [0.2, 0.25) is 0 Å². The van der Waals surface area contributed by atoms with Gasteiger partial charge in [-0.15, -0.1) is 0 Å². The Morgan fingerprint density at radius 3 is 1.83 bits per heavy atom. The molecule has 0 radical (unpaired) electrons. The highest BCUT2D eigenvalue weighted by Crippen LogP contribution is 2.49. The third kappa shape index (κ3) is 4.29. The van der Waals surface area contributed by atoms with E-state index in [0.29, 0.717) is 0 Å². The molecule has 0 bridgehead atoms. The van der Waals surface area contributed by atoms with Gasteiger partial charge in [0.15, 0.2) is 0 Å². The summed E-state index contributed by atoms with van der Waals surface area (Å²) in [5, 5.41) is 9.27. The van der Waals surface area contributed by atoms with Crippen molar-refractivity contribution >= 4 is 89.1 Å². The van der Waals surface area contributed by atoms with Crippen molar-refractivity contribution in [2.75, 3.05) is 9.80 Å². The van der Waals surface area contributed by atoms with Crippen molar-refractivity contribution in [2.45, 2.75) is 24.9 Å². The number of aromatic nitrogens is 2. The fraction of sp³-hybridized carbons (Fsp3) is 0.0741. The van der Waals surface area contributed by atoms with Crippen LogP contribution in [0.15, 0.2) is 194 Å². The molecule has 274 valence electrons. The summed E-state index contributed by atoms with van der Waals surface area (Å²) in [7, 11) is 0. The quantitative estimate of drug-likeness (QED) is 0.169. The van der Waals surface area contributed by atoms with E-state index in [9.17, 15) is 0 Å². The predicted molar refractivity (Wildman–Crippen MR) is 243 cm³/mol. The number of rotatable bonds is 6. The molecule has 0 spiro atoms. The first-order valence-electron chi connectivity index (χ1n) is 20.5. The highest BCUT2D eigenvalue weighted by molar-refractivity contribution is 6.28. The van der Waals surface area contributed by atoms with E-state index in [2.05, 4.69) is 213 Å². The molecule has 0 amide bonds. The molecule has 10 aromatic rings. The number of nitrogens with zero attached hydrogens (tertiary/aromatic N) is 4. The van der Waals surface area contributed by atoms with Gasteiger partial charge in [0, 0.05) is 60.5 Å². The van der Waals surface area contributed by atoms with Crippen LogP contribution in [0.2, 0.25) is 0 Å². The maximum Gasteiger partial charge on any atom is 0.0650 e. The zero-order valence-corrected chi connectivity index (χ0v) is 31.8. The van der Waals surface area contributed by atoms with Gasteiger partial charge >= 0.3 is 0 Å². The largest absolute Gasteiger partial charge is 0.334 e. The van der Waals surface area contributed by atoms with Crippen LogP contribution < -0.4 is 20.4 Å². The van der Waals surface area contributed by atoms with Crippen molar-refractivity contribution in [3.63, 3.8) is 0 Å². The van der Waals surface area contributed by atoms with Crippen LogP contribution in [0, 0.1) is 0 Å². The molecule has 2 aliphatic carbocycles. The molecule has 0 fully saturated rings. The molecule has 0 saturated carbocycles. The van der Waals surface area contributed by atoms with Gasteiger partial charge < -0.3 is 18.8 Å². The normalized spacial score (nSPS) is 17.0. The summed E-state index contributed by atoms with van der Waals surface area (Å²) in [6, 6.07) is 62.7. The molecular weight excluding hydrogens is 705 g/mol. The Hall–Kier alpha value is -7.30. The third-order valence-electron chi connectivity index (χ3n) is 13.0. The van der Waals surface area contributed by atoms with Crippen LogP contribution >= 0.6 is 0 Å². The second-order valence-electron chi connectivity index (χ2n) is 15.9. The van der Waals surface area contributed by atoms with Gasteiger partial charge in [-0.3, -0.25) is 0 Å². The summed E-state index contributed by atoms with van der Waals surface area (Å²) in [5.74, 6) is 0. The summed E-state index contributed by atoms with van der Waals surface area (Å²) in [6.07, 6.45) is 11.5. The Labute approximate surface area is 335 Å². The van der Waals surface area contributed by atoms with Crippen LogP contribution in [0.3, 0.4) is 0 Å². The fourth-order valence-corrected chi connectivity index (χ4v) is 10.8. The van der Waals surface area contributed by atoms with Gasteiger partial charge in [-0.2, -0.15) is 0 Å². The van der Waals surface area contributed by atoms with Crippen LogP contribution in [-0.2, 0) is 0 Å². The van der Waals surface area contributed by atoms with E-state index in [1.807, 2.05) is 0 Å². The molecular formula is C54H38N4.